The van der Waals surface area contributed by atoms with Gasteiger partial charge < -0.3 is 23.8 Å². The van der Waals surface area contributed by atoms with Gasteiger partial charge in [-0.25, -0.2) is 0 Å². The van der Waals surface area contributed by atoms with Gasteiger partial charge in [-0.2, -0.15) is 0 Å². The summed E-state index contributed by atoms with van der Waals surface area (Å²) in [4.78, 5) is 2.26. The van der Waals surface area contributed by atoms with Gasteiger partial charge in [0, 0.05) is 23.4 Å². The van der Waals surface area contributed by atoms with Gasteiger partial charge in [0.2, 0.25) is 10.6 Å². The number of halogens is 3. The van der Waals surface area contributed by atoms with E-state index in [1.165, 1.54) is 43.2 Å². The van der Waals surface area contributed by atoms with Crippen molar-refractivity contribution in [3.05, 3.63) is 46.5 Å². The summed E-state index contributed by atoms with van der Waals surface area (Å²) < 4.78 is 21.4. The number of rotatable bonds is 9. The van der Waals surface area contributed by atoms with Crippen molar-refractivity contribution in [3.8, 4) is 23.0 Å². The largest absolute Gasteiger partial charge is 0.493 e. The molecule has 37 heavy (non-hydrogen) atoms. The lowest BCUT2D eigenvalue weighted by Crippen LogP contribution is -2.42. The van der Waals surface area contributed by atoms with Crippen molar-refractivity contribution in [1.29, 1.82) is 0 Å². The summed E-state index contributed by atoms with van der Waals surface area (Å²) in [6, 6.07) is 7.71. The fourth-order valence-electron chi connectivity index (χ4n) is 5.96. The number of allylic oxidation sites excluding steroid dienone is 1. The maximum atomic E-state index is 6.75. The number of methoxy groups -OCH3 is 2. The van der Waals surface area contributed by atoms with Crippen molar-refractivity contribution < 1.29 is 18.9 Å². The summed E-state index contributed by atoms with van der Waals surface area (Å²) in [5.41, 5.74) is 6.63. The Morgan fingerprint density at radius 3 is 2.38 bits per heavy atom. The van der Waals surface area contributed by atoms with Crippen LogP contribution < -0.4 is 18.9 Å². The first-order valence-corrected chi connectivity index (χ1v) is 14.3. The van der Waals surface area contributed by atoms with Crippen LogP contribution >= 0.6 is 34.8 Å². The highest BCUT2D eigenvalue weighted by Gasteiger charge is 2.48. The average Bonchev–Trinajstić information content (AvgIpc) is 3.34. The van der Waals surface area contributed by atoms with Crippen LogP contribution in [0, 0.1) is 0 Å². The number of ether oxygens (including phenoxy) is 4. The first-order chi connectivity index (χ1) is 17.9. The van der Waals surface area contributed by atoms with Crippen LogP contribution in [-0.4, -0.2) is 36.2 Å². The monoisotopic (exact) mass is 565 g/mol. The summed E-state index contributed by atoms with van der Waals surface area (Å²) >= 11 is 20.3. The molecule has 8 heteroatoms. The van der Waals surface area contributed by atoms with Gasteiger partial charge in [0.05, 0.1) is 14.2 Å². The molecule has 0 saturated heterocycles. The molecule has 0 amide bonds. The van der Waals surface area contributed by atoms with Crippen molar-refractivity contribution in [1.82, 2.24) is 4.90 Å². The third-order valence-corrected chi connectivity index (χ3v) is 8.25. The summed E-state index contributed by atoms with van der Waals surface area (Å²) in [6.07, 6.45) is 9.03. The molecule has 1 atom stereocenters. The molecule has 0 fully saturated rings. The van der Waals surface area contributed by atoms with Crippen molar-refractivity contribution >= 4 is 46.1 Å². The van der Waals surface area contributed by atoms with Crippen LogP contribution in [0.2, 0.25) is 0 Å². The van der Waals surface area contributed by atoms with Crippen molar-refractivity contribution in [2.75, 3.05) is 27.6 Å². The van der Waals surface area contributed by atoms with Crippen LogP contribution in [0.1, 0.15) is 80.2 Å². The number of unbranched alkanes of at least 4 members (excludes halogenated alkanes) is 5. The number of hydrogen-bond donors (Lipinski definition) is 0. The Morgan fingerprint density at radius 1 is 0.946 bits per heavy atom. The number of nitrogens with zero attached hydrogens (tertiary/aromatic N) is 1. The van der Waals surface area contributed by atoms with Gasteiger partial charge in [-0.3, -0.25) is 0 Å². The molecule has 0 aliphatic carbocycles. The molecule has 3 aliphatic rings. The zero-order valence-corrected chi connectivity index (χ0v) is 23.9. The van der Waals surface area contributed by atoms with E-state index in [4.69, 9.17) is 53.8 Å². The highest BCUT2D eigenvalue weighted by Crippen LogP contribution is 2.59. The number of benzene rings is 2. The lowest BCUT2D eigenvalue weighted by atomic mass is 9.80. The van der Waals surface area contributed by atoms with E-state index in [1.54, 1.807) is 14.2 Å². The predicted octanol–water partition coefficient (Wildman–Crippen LogP) is 8.33. The highest BCUT2D eigenvalue weighted by atomic mass is 35.6. The van der Waals surface area contributed by atoms with Crippen LogP contribution in [0.4, 0.5) is 0 Å². The van der Waals surface area contributed by atoms with Crippen LogP contribution in [0.5, 0.6) is 23.0 Å². The second-order valence-corrected chi connectivity index (χ2v) is 12.2. The zero-order valence-electron chi connectivity index (χ0n) is 21.7. The van der Waals surface area contributed by atoms with E-state index in [0.29, 0.717) is 18.0 Å². The maximum absolute atomic E-state index is 6.75. The van der Waals surface area contributed by atoms with E-state index in [0.717, 1.165) is 53.1 Å². The van der Waals surface area contributed by atoms with Crippen LogP contribution in [0.15, 0.2) is 24.3 Å². The predicted molar refractivity (Wildman–Crippen MR) is 150 cm³/mol. The summed E-state index contributed by atoms with van der Waals surface area (Å²) in [5, 5.41) is 0. The molecule has 0 saturated carbocycles. The Morgan fingerprint density at radius 2 is 1.68 bits per heavy atom. The van der Waals surface area contributed by atoms with E-state index < -0.39 is 9.83 Å². The van der Waals surface area contributed by atoms with E-state index in [1.807, 2.05) is 6.07 Å². The Labute approximate surface area is 234 Å². The number of hydrogen-bond acceptors (Lipinski definition) is 5. The fourth-order valence-corrected chi connectivity index (χ4v) is 6.64. The Bertz CT molecular complexity index is 1190. The summed E-state index contributed by atoms with van der Waals surface area (Å²) in [6.45, 7) is 3.19. The molecule has 0 aromatic heterocycles. The van der Waals surface area contributed by atoms with E-state index in [-0.39, 0.29) is 6.79 Å². The molecule has 2 aromatic rings. The molecule has 0 spiro atoms. The molecule has 0 bridgehead atoms. The first kappa shape index (κ1) is 26.6. The van der Waals surface area contributed by atoms with Gasteiger partial charge in [0.1, 0.15) is 6.04 Å². The topological polar surface area (TPSA) is 40.2 Å². The zero-order chi connectivity index (χ0) is 26.2. The van der Waals surface area contributed by atoms with Crippen molar-refractivity contribution in [3.63, 3.8) is 0 Å². The lowest BCUT2D eigenvalue weighted by molar-refractivity contribution is 0.174. The molecule has 0 N–H and O–H groups in total. The molecule has 0 radical (unpaired) electrons. The smallest absolute Gasteiger partial charge is 0.231 e. The van der Waals surface area contributed by atoms with Gasteiger partial charge in [-0.05, 0) is 54.2 Å². The van der Waals surface area contributed by atoms with Crippen molar-refractivity contribution in [2.24, 2.45) is 0 Å². The standard InChI is InChI=1S/C29H34Cl3NO4/c1-4-5-6-7-8-9-10-20-19-11-12-22(34-2)27(35-3)25(19)28(29(30,31)32)33-14-13-18-15-23-24(37-17-36-23)16-21(18)26(20)33/h11-12,15-16,28H,4-10,13-14,17H2,1-3H3. The Hall–Kier alpha value is -1.95. The fraction of sp³-hybridized carbons (Fsp3) is 0.517. The minimum atomic E-state index is -1.60. The SMILES string of the molecule is CCCCCCCCC1=C2c3cc4c(cc3CCN2C(C(Cl)(Cl)Cl)c2c1ccc(OC)c2OC)OCO4. The van der Waals surface area contributed by atoms with E-state index in [2.05, 4.69) is 30.0 Å². The Kier molecular flexibility index (Phi) is 7.95. The quantitative estimate of drug-likeness (QED) is 0.225. The number of alkyl halides is 3. The second kappa shape index (κ2) is 11.0. The van der Waals surface area contributed by atoms with Gasteiger partial charge in [0.15, 0.2) is 23.0 Å². The average molecular weight is 567 g/mol. The molecular weight excluding hydrogens is 533 g/mol. The van der Waals surface area contributed by atoms with Gasteiger partial charge in [0.25, 0.3) is 0 Å². The maximum Gasteiger partial charge on any atom is 0.231 e. The minimum Gasteiger partial charge on any atom is -0.493 e. The Balaban J connectivity index is 1.69. The molecular formula is C29H34Cl3NO4. The minimum absolute atomic E-state index is 0.238. The molecule has 3 heterocycles. The van der Waals surface area contributed by atoms with E-state index >= 15 is 0 Å². The summed E-state index contributed by atoms with van der Waals surface area (Å²) in [5.74, 6) is 2.80. The third-order valence-electron chi connectivity index (χ3n) is 7.63. The molecule has 200 valence electrons. The lowest BCUT2D eigenvalue weighted by Gasteiger charge is -2.47. The van der Waals surface area contributed by atoms with Crippen LogP contribution in [-0.2, 0) is 6.42 Å². The second-order valence-electron chi connectivity index (χ2n) is 9.86. The van der Waals surface area contributed by atoms with Crippen LogP contribution in [0.25, 0.3) is 11.3 Å². The molecule has 3 aliphatic heterocycles. The molecule has 5 nitrogen and oxygen atoms in total. The van der Waals surface area contributed by atoms with Gasteiger partial charge in [-0.15, -0.1) is 0 Å². The van der Waals surface area contributed by atoms with Gasteiger partial charge >= 0.3 is 0 Å². The summed E-state index contributed by atoms with van der Waals surface area (Å²) in [7, 11) is 3.28. The molecule has 5 rings (SSSR count). The third kappa shape index (κ3) is 4.95. The van der Waals surface area contributed by atoms with E-state index in [9.17, 15) is 0 Å². The van der Waals surface area contributed by atoms with Gasteiger partial charge in [-0.1, -0.05) is 79.9 Å². The first-order valence-electron chi connectivity index (χ1n) is 13.1. The highest BCUT2D eigenvalue weighted by molar-refractivity contribution is 6.68. The van der Waals surface area contributed by atoms with Crippen LogP contribution in [0.3, 0.4) is 0 Å². The van der Waals surface area contributed by atoms with Crippen molar-refractivity contribution in [2.45, 2.75) is 68.1 Å². The number of fused-ring (bicyclic) bond motifs is 5. The normalized spacial score (nSPS) is 17.9. The molecule has 2 aromatic carbocycles. The molecule has 1 unspecified atom stereocenters.